The van der Waals surface area contributed by atoms with Crippen molar-refractivity contribution in [2.45, 2.75) is 26.2 Å². The summed E-state index contributed by atoms with van der Waals surface area (Å²) in [6, 6.07) is 11.0. The number of alkyl halides is 3. The lowest BCUT2D eigenvalue weighted by Gasteiger charge is -2.21. The molecule has 1 unspecified atom stereocenters. The molecule has 218 valence electrons. The summed E-state index contributed by atoms with van der Waals surface area (Å²) in [4.78, 5) is 10.1. The van der Waals surface area contributed by atoms with Gasteiger partial charge >= 0.3 is 6.18 Å². The number of likely N-dealkylation sites (N-methyl/N-ethyl adjacent to an activating group) is 1. The lowest BCUT2D eigenvalue weighted by atomic mass is 10.1. The fourth-order valence-corrected chi connectivity index (χ4v) is 4.27. The van der Waals surface area contributed by atoms with Crippen LogP contribution in [0.25, 0.3) is 0 Å². The van der Waals surface area contributed by atoms with E-state index in [9.17, 15) is 17.4 Å². The minimum absolute atomic E-state index is 0.0233. The highest BCUT2D eigenvalue weighted by Crippen LogP contribution is 2.35. The number of aromatic nitrogens is 2. The summed E-state index contributed by atoms with van der Waals surface area (Å²) in [6.07, 6.45) is -2.39. The van der Waals surface area contributed by atoms with Crippen molar-refractivity contribution in [2.24, 2.45) is 0 Å². The summed E-state index contributed by atoms with van der Waals surface area (Å²) in [5.41, 5.74) is 2.76. The van der Waals surface area contributed by atoms with Gasteiger partial charge in [-0.15, -0.1) is 0 Å². The Bertz CT molecular complexity index is 1320. The predicted octanol–water partition coefficient (Wildman–Crippen LogP) is 4.55. The first kappa shape index (κ1) is 31.1. The molecule has 0 aliphatic rings. The van der Waals surface area contributed by atoms with Crippen LogP contribution in [0, 0.1) is 6.92 Å². The second kappa shape index (κ2) is 13.8. The van der Waals surface area contributed by atoms with Gasteiger partial charge in [-0.25, -0.2) is 9.19 Å². The number of nitrogens with one attached hydrogen (secondary N) is 3. The molecule has 1 atom stereocenters. The molecule has 0 spiro atoms. The smallest absolute Gasteiger partial charge is 0.421 e. The molecule has 40 heavy (non-hydrogen) atoms. The maximum Gasteiger partial charge on any atom is 0.421 e. The molecule has 1 aromatic heterocycles. The van der Waals surface area contributed by atoms with Gasteiger partial charge in [0.2, 0.25) is 5.95 Å². The van der Waals surface area contributed by atoms with Gasteiger partial charge in [-0.1, -0.05) is 18.2 Å². The van der Waals surface area contributed by atoms with Crippen LogP contribution < -0.4 is 25.0 Å². The Morgan fingerprint density at radius 2 is 1.82 bits per heavy atom. The summed E-state index contributed by atoms with van der Waals surface area (Å²) in [5, 5.41) is 9.13. The van der Waals surface area contributed by atoms with Gasteiger partial charge in [0.25, 0.3) is 0 Å². The van der Waals surface area contributed by atoms with Gasteiger partial charge in [0.1, 0.15) is 28.1 Å². The molecule has 3 rings (SSSR count). The molecule has 2 aromatic carbocycles. The number of rotatable bonds is 13. The third-order valence-electron chi connectivity index (χ3n) is 6.08. The van der Waals surface area contributed by atoms with E-state index < -0.39 is 22.7 Å². The summed E-state index contributed by atoms with van der Waals surface area (Å²) in [6.45, 7) is 4.27. The maximum atomic E-state index is 13.8. The quantitative estimate of drug-likeness (QED) is 0.254. The standard InChI is InChI=1S/C27H36F3N7O2S/c1-18-7-9-20(23(13-18)37(4)40(6)38)16-32-25-21(27(28,29)30)17-33-26(35-25)34-22-10-8-19(14-24(22)39-5)15-31-11-12-36(2)3/h7-10,13-14,17,31H,11-12,15-16H2,1-6H3,(H2,32,33,34,35). The average molecular weight is 580 g/mol. The molecule has 3 aromatic rings. The van der Waals surface area contributed by atoms with Crippen LogP contribution >= 0.6 is 0 Å². The minimum atomic E-state index is -4.67. The number of nitrogens with zero attached hydrogens (tertiary/aromatic N) is 4. The van der Waals surface area contributed by atoms with Crippen LogP contribution in [-0.4, -0.2) is 66.7 Å². The predicted molar refractivity (Wildman–Crippen MR) is 155 cm³/mol. The molecule has 0 saturated heterocycles. The van der Waals surface area contributed by atoms with Crippen molar-refractivity contribution in [3.63, 3.8) is 0 Å². The Kier molecular flexibility index (Phi) is 10.7. The van der Waals surface area contributed by atoms with Crippen molar-refractivity contribution >= 4 is 34.1 Å². The Hall–Kier alpha value is -3.42. The molecule has 0 radical (unpaired) electrons. The number of ether oxygens (including phenoxy) is 1. The topological polar surface area (TPSA) is 94.6 Å². The van der Waals surface area contributed by atoms with E-state index >= 15 is 0 Å². The molecular weight excluding hydrogens is 543 g/mol. The third-order valence-corrected chi connectivity index (χ3v) is 7.05. The summed E-state index contributed by atoms with van der Waals surface area (Å²) in [5.74, 6) is 0.101. The number of anilines is 4. The Balaban J connectivity index is 1.84. The molecule has 0 aliphatic carbocycles. The molecule has 0 fully saturated rings. The Morgan fingerprint density at radius 1 is 1.07 bits per heavy atom. The SMILES string of the molecule is COc1cc(CNCCN(C)C)ccc1Nc1ncc(C(F)(F)F)c(NCc2ccc(C)cc2N(C)S(C)=O)n1. The highest BCUT2D eigenvalue weighted by atomic mass is 32.2. The normalized spacial score (nSPS) is 12.3. The second-order valence-corrected chi connectivity index (χ2v) is 10.9. The van der Waals surface area contributed by atoms with Crippen molar-refractivity contribution in [1.29, 1.82) is 0 Å². The van der Waals surface area contributed by atoms with E-state index in [1.165, 1.54) is 13.4 Å². The number of hydrogen-bond donors (Lipinski definition) is 3. The first-order valence-corrected chi connectivity index (χ1v) is 14.0. The molecule has 9 nitrogen and oxygen atoms in total. The number of hydrogen-bond acceptors (Lipinski definition) is 8. The van der Waals surface area contributed by atoms with Gasteiger partial charge in [-0.2, -0.15) is 18.2 Å². The number of methoxy groups -OCH3 is 1. The zero-order chi connectivity index (χ0) is 29.4. The van der Waals surface area contributed by atoms with E-state index in [0.717, 1.165) is 30.4 Å². The van der Waals surface area contributed by atoms with Crippen molar-refractivity contribution in [2.75, 3.05) is 62.5 Å². The van der Waals surface area contributed by atoms with Crippen LogP contribution in [0.2, 0.25) is 0 Å². The van der Waals surface area contributed by atoms with E-state index in [1.54, 1.807) is 23.5 Å². The highest BCUT2D eigenvalue weighted by Gasteiger charge is 2.35. The van der Waals surface area contributed by atoms with E-state index in [0.29, 0.717) is 29.2 Å². The summed E-state index contributed by atoms with van der Waals surface area (Å²) < 4.78 is 60.6. The molecule has 13 heteroatoms. The number of halogens is 3. The maximum absolute atomic E-state index is 13.8. The van der Waals surface area contributed by atoms with E-state index in [2.05, 4.69) is 30.8 Å². The van der Waals surface area contributed by atoms with E-state index in [-0.39, 0.29) is 18.3 Å². The molecule has 0 saturated carbocycles. The van der Waals surface area contributed by atoms with Crippen molar-refractivity contribution in [3.05, 3.63) is 64.8 Å². The monoisotopic (exact) mass is 579 g/mol. The summed E-state index contributed by atoms with van der Waals surface area (Å²) in [7, 11) is 5.88. The first-order valence-electron chi connectivity index (χ1n) is 12.5. The second-order valence-electron chi connectivity index (χ2n) is 9.50. The van der Waals surface area contributed by atoms with Gasteiger partial charge < -0.3 is 25.6 Å². The molecule has 0 amide bonds. The number of benzene rings is 2. The Morgan fingerprint density at radius 3 is 2.48 bits per heavy atom. The van der Waals surface area contributed by atoms with Gasteiger partial charge in [-0.05, 0) is 55.9 Å². The van der Waals surface area contributed by atoms with Gasteiger partial charge in [-0.3, -0.25) is 4.31 Å². The molecule has 0 aliphatic heterocycles. The largest absolute Gasteiger partial charge is 0.495 e. The lowest BCUT2D eigenvalue weighted by Crippen LogP contribution is -2.26. The zero-order valence-electron chi connectivity index (χ0n) is 23.5. The molecule has 3 N–H and O–H groups in total. The van der Waals surface area contributed by atoms with Crippen molar-refractivity contribution < 1.29 is 22.1 Å². The zero-order valence-corrected chi connectivity index (χ0v) is 24.3. The van der Waals surface area contributed by atoms with E-state index in [4.69, 9.17) is 4.74 Å². The fourth-order valence-electron chi connectivity index (χ4n) is 3.82. The van der Waals surface area contributed by atoms with Crippen LogP contribution in [0.3, 0.4) is 0 Å². The van der Waals surface area contributed by atoms with Crippen molar-refractivity contribution in [3.8, 4) is 5.75 Å². The van der Waals surface area contributed by atoms with Gasteiger partial charge in [0.05, 0.1) is 18.5 Å². The van der Waals surface area contributed by atoms with Gasteiger partial charge in [0.15, 0.2) is 0 Å². The highest BCUT2D eigenvalue weighted by molar-refractivity contribution is 7.85. The first-order chi connectivity index (χ1) is 18.9. The van der Waals surface area contributed by atoms with Crippen LogP contribution in [0.15, 0.2) is 42.6 Å². The van der Waals surface area contributed by atoms with Crippen LogP contribution in [0.1, 0.15) is 22.3 Å². The lowest BCUT2D eigenvalue weighted by molar-refractivity contribution is -0.137. The van der Waals surface area contributed by atoms with Crippen LogP contribution in [-0.2, 0) is 30.3 Å². The average Bonchev–Trinajstić information content (AvgIpc) is 2.89. The fraction of sp³-hybridized carbons (Fsp3) is 0.407. The van der Waals surface area contributed by atoms with Crippen LogP contribution in [0.5, 0.6) is 5.75 Å². The van der Waals surface area contributed by atoms with Crippen LogP contribution in [0.4, 0.5) is 36.3 Å². The number of aryl methyl sites for hydroxylation is 1. The summed E-state index contributed by atoms with van der Waals surface area (Å²) >= 11 is 0. The van der Waals surface area contributed by atoms with E-state index in [1.807, 2.05) is 45.3 Å². The molecule has 1 heterocycles. The van der Waals surface area contributed by atoms with Gasteiger partial charge in [0, 0.05) is 45.7 Å². The van der Waals surface area contributed by atoms with Crippen molar-refractivity contribution in [1.82, 2.24) is 20.2 Å². The minimum Gasteiger partial charge on any atom is -0.495 e. The molecular formula is C27H36F3N7O2S. The molecule has 0 bridgehead atoms. The third kappa shape index (κ3) is 8.54. The Labute approximate surface area is 235 Å².